The van der Waals surface area contributed by atoms with Gasteiger partial charge in [0.1, 0.15) is 0 Å². The summed E-state index contributed by atoms with van der Waals surface area (Å²) >= 11 is 0. The highest BCUT2D eigenvalue weighted by molar-refractivity contribution is 6.01. The van der Waals surface area contributed by atoms with Crippen LogP contribution in [0.15, 0.2) is 66.9 Å². The number of benzene rings is 2. The lowest BCUT2D eigenvalue weighted by molar-refractivity contribution is -0.134. The number of nitrogens with one attached hydrogen (secondary N) is 3. The summed E-state index contributed by atoms with van der Waals surface area (Å²) in [7, 11) is 3.90. The Morgan fingerprint density at radius 1 is 0.935 bits per heavy atom. The van der Waals surface area contributed by atoms with E-state index in [1.165, 1.54) is 0 Å². The fourth-order valence-corrected chi connectivity index (χ4v) is 2.76. The number of aryl methyl sites for hydroxylation is 1. The molecule has 0 aliphatic carbocycles. The number of carbonyl (C=O) groups is 3. The Morgan fingerprint density at radius 2 is 1.58 bits per heavy atom. The molecule has 162 valence electrons. The summed E-state index contributed by atoms with van der Waals surface area (Å²) in [5.74, 6) is -2.51. The summed E-state index contributed by atoms with van der Waals surface area (Å²) in [5, 5.41) is 25.5. The Labute approximate surface area is 179 Å². The van der Waals surface area contributed by atoms with Crippen molar-refractivity contribution in [3.8, 4) is 0 Å². The van der Waals surface area contributed by atoms with Crippen molar-refractivity contribution in [2.45, 2.75) is 6.54 Å². The number of carbonyl (C=O) groups excluding carboxylic acids is 1. The predicted octanol–water partition coefficient (Wildman–Crippen LogP) is 3.25. The highest BCUT2D eigenvalue weighted by atomic mass is 16.4. The van der Waals surface area contributed by atoms with Gasteiger partial charge in [0, 0.05) is 54.2 Å². The van der Waals surface area contributed by atoms with E-state index >= 15 is 0 Å². The van der Waals surface area contributed by atoms with Gasteiger partial charge in [0.2, 0.25) is 0 Å². The first-order valence-corrected chi connectivity index (χ1v) is 9.29. The summed E-state index contributed by atoms with van der Waals surface area (Å²) in [6.45, 7) is 0.766. The molecule has 0 unspecified atom stereocenters. The third-order valence-electron chi connectivity index (χ3n) is 4.08. The Morgan fingerprint density at radius 3 is 2.19 bits per heavy atom. The van der Waals surface area contributed by atoms with E-state index in [0.717, 1.165) is 34.4 Å². The Bertz CT molecular complexity index is 1090. The molecule has 2 aromatic carbocycles. The number of hydrogen-bond donors (Lipinski definition) is 5. The molecule has 1 heterocycles. The molecule has 3 rings (SSSR count). The SMILES string of the molecule is CNCc1cccc(NC(=O)Nc2ccc3c(ccn3C)c2)c1.O=C(O)/C=C\C(=O)O. The molecule has 1 aromatic heterocycles. The fourth-order valence-electron chi connectivity index (χ4n) is 2.76. The van der Waals surface area contributed by atoms with E-state index in [4.69, 9.17) is 10.2 Å². The quantitative estimate of drug-likeness (QED) is 0.386. The number of fused-ring (bicyclic) bond motifs is 1. The Balaban J connectivity index is 0.000000366. The van der Waals surface area contributed by atoms with Gasteiger partial charge in [0.15, 0.2) is 0 Å². The second-order valence-corrected chi connectivity index (χ2v) is 6.52. The third kappa shape index (κ3) is 7.67. The van der Waals surface area contributed by atoms with Gasteiger partial charge in [-0.1, -0.05) is 12.1 Å². The monoisotopic (exact) mass is 424 g/mol. The number of aromatic nitrogens is 1. The van der Waals surface area contributed by atoms with Crippen molar-refractivity contribution in [2.24, 2.45) is 7.05 Å². The molecule has 3 aromatic rings. The van der Waals surface area contributed by atoms with Gasteiger partial charge in [-0.05, 0) is 49.0 Å². The van der Waals surface area contributed by atoms with Crippen LogP contribution in [0.3, 0.4) is 0 Å². The molecule has 0 aliphatic heterocycles. The number of amides is 2. The standard InChI is InChI=1S/C18H20N4O.C4H4O4/c1-19-12-13-4-3-5-15(10-13)20-18(23)21-16-6-7-17-14(11-16)8-9-22(17)2;5-3(6)1-2-4(7)8/h3-11,19H,12H2,1-2H3,(H2,20,21,23);1-2H,(H,5,6)(H,7,8)/b;2-1-. The molecular weight excluding hydrogens is 400 g/mol. The number of carboxylic acid groups (broad SMARTS) is 2. The van der Waals surface area contributed by atoms with E-state index in [1.54, 1.807) is 0 Å². The number of rotatable bonds is 6. The maximum atomic E-state index is 12.1. The molecular formula is C22H24N4O5. The number of aliphatic carboxylic acids is 2. The van der Waals surface area contributed by atoms with Crippen LogP contribution in [0.5, 0.6) is 0 Å². The second-order valence-electron chi connectivity index (χ2n) is 6.52. The summed E-state index contributed by atoms with van der Waals surface area (Å²) in [5.41, 5.74) is 3.80. The van der Waals surface area contributed by atoms with Crippen LogP contribution in [-0.2, 0) is 23.2 Å². The number of carboxylic acids is 2. The minimum atomic E-state index is -1.26. The molecule has 0 atom stereocenters. The minimum absolute atomic E-state index is 0.248. The second kappa shape index (κ2) is 11.2. The van der Waals surface area contributed by atoms with Crippen molar-refractivity contribution in [2.75, 3.05) is 17.7 Å². The zero-order valence-electron chi connectivity index (χ0n) is 17.1. The molecule has 0 spiro atoms. The van der Waals surface area contributed by atoms with Gasteiger partial charge >= 0.3 is 18.0 Å². The van der Waals surface area contributed by atoms with Crippen molar-refractivity contribution in [1.82, 2.24) is 9.88 Å². The predicted molar refractivity (Wildman–Crippen MR) is 119 cm³/mol. The number of hydrogen-bond acceptors (Lipinski definition) is 4. The molecule has 9 heteroatoms. The van der Waals surface area contributed by atoms with Crippen molar-refractivity contribution in [1.29, 1.82) is 0 Å². The first-order chi connectivity index (χ1) is 14.8. The number of urea groups is 1. The van der Waals surface area contributed by atoms with E-state index in [2.05, 4.69) is 16.0 Å². The van der Waals surface area contributed by atoms with Crippen LogP contribution in [0.1, 0.15) is 5.56 Å². The smallest absolute Gasteiger partial charge is 0.328 e. The fraction of sp³-hybridized carbons (Fsp3) is 0.136. The summed E-state index contributed by atoms with van der Waals surface area (Å²) < 4.78 is 2.05. The van der Waals surface area contributed by atoms with Crippen LogP contribution in [0.4, 0.5) is 16.2 Å². The average Bonchev–Trinajstić information content (AvgIpc) is 3.07. The van der Waals surface area contributed by atoms with Gasteiger partial charge in [0.25, 0.3) is 0 Å². The third-order valence-corrected chi connectivity index (χ3v) is 4.08. The Kier molecular flexibility index (Phi) is 8.35. The van der Waals surface area contributed by atoms with E-state index in [1.807, 2.05) is 73.4 Å². The molecule has 0 saturated heterocycles. The zero-order chi connectivity index (χ0) is 22.8. The molecule has 0 bridgehead atoms. The maximum absolute atomic E-state index is 12.1. The first kappa shape index (κ1) is 23.2. The lowest BCUT2D eigenvalue weighted by Crippen LogP contribution is -2.19. The van der Waals surface area contributed by atoms with Gasteiger partial charge in [-0.2, -0.15) is 0 Å². The van der Waals surface area contributed by atoms with Crippen LogP contribution >= 0.6 is 0 Å². The van der Waals surface area contributed by atoms with Crippen molar-refractivity contribution < 1.29 is 24.6 Å². The molecule has 0 saturated carbocycles. The molecule has 0 fully saturated rings. The van der Waals surface area contributed by atoms with E-state index in [-0.39, 0.29) is 6.03 Å². The molecule has 2 amide bonds. The molecule has 9 nitrogen and oxygen atoms in total. The molecule has 0 radical (unpaired) electrons. The highest BCUT2D eigenvalue weighted by Gasteiger charge is 2.05. The molecule has 31 heavy (non-hydrogen) atoms. The van der Waals surface area contributed by atoms with Crippen molar-refractivity contribution >= 4 is 40.2 Å². The van der Waals surface area contributed by atoms with Crippen LogP contribution < -0.4 is 16.0 Å². The van der Waals surface area contributed by atoms with E-state index < -0.39 is 11.9 Å². The lowest BCUT2D eigenvalue weighted by Gasteiger charge is -2.09. The minimum Gasteiger partial charge on any atom is -0.478 e. The van der Waals surface area contributed by atoms with Gasteiger partial charge in [-0.25, -0.2) is 14.4 Å². The summed E-state index contributed by atoms with van der Waals surface area (Å²) in [4.78, 5) is 31.3. The summed E-state index contributed by atoms with van der Waals surface area (Å²) in [6.07, 6.45) is 3.12. The van der Waals surface area contributed by atoms with Gasteiger partial charge < -0.3 is 30.7 Å². The topological polar surface area (TPSA) is 133 Å². The summed E-state index contributed by atoms with van der Waals surface area (Å²) in [6, 6.07) is 15.4. The van der Waals surface area contributed by atoms with E-state index in [9.17, 15) is 14.4 Å². The lowest BCUT2D eigenvalue weighted by atomic mass is 10.2. The molecule has 5 N–H and O–H groups in total. The van der Waals surface area contributed by atoms with Gasteiger partial charge in [-0.15, -0.1) is 0 Å². The van der Waals surface area contributed by atoms with Crippen LogP contribution in [-0.4, -0.2) is 39.8 Å². The Hall–Kier alpha value is -4.11. The molecule has 0 aliphatic rings. The van der Waals surface area contributed by atoms with E-state index in [0.29, 0.717) is 12.2 Å². The maximum Gasteiger partial charge on any atom is 0.328 e. The number of nitrogens with zero attached hydrogens (tertiary/aromatic N) is 1. The van der Waals surface area contributed by atoms with Crippen LogP contribution in [0, 0.1) is 0 Å². The highest BCUT2D eigenvalue weighted by Crippen LogP contribution is 2.20. The normalized spacial score (nSPS) is 10.4. The largest absolute Gasteiger partial charge is 0.478 e. The van der Waals surface area contributed by atoms with Gasteiger partial charge in [0.05, 0.1) is 0 Å². The zero-order valence-corrected chi connectivity index (χ0v) is 17.1. The van der Waals surface area contributed by atoms with Crippen molar-refractivity contribution in [3.63, 3.8) is 0 Å². The van der Waals surface area contributed by atoms with Crippen molar-refractivity contribution in [3.05, 3.63) is 72.4 Å². The van der Waals surface area contributed by atoms with Crippen LogP contribution in [0.25, 0.3) is 10.9 Å². The first-order valence-electron chi connectivity index (χ1n) is 9.29. The average molecular weight is 424 g/mol. The van der Waals surface area contributed by atoms with Crippen LogP contribution in [0.2, 0.25) is 0 Å². The number of anilines is 2. The van der Waals surface area contributed by atoms with Gasteiger partial charge in [-0.3, -0.25) is 0 Å².